The predicted molar refractivity (Wildman–Crippen MR) is 103 cm³/mol. The number of aliphatic hydroxyl groups excluding tert-OH is 3. The lowest BCUT2D eigenvalue weighted by molar-refractivity contribution is -0.121. The molecule has 1 aliphatic rings. The van der Waals surface area contributed by atoms with Gasteiger partial charge in [-0.2, -0.15) is 0 Å². The van der Waals surface area contributed by atoms with E-state index in [2.05, 4.69) is 17.2 Å². The zero-order chi connectivity index (χ0) is 22.3. The first-order chi connectivity index (χ1) is 14.2. The van der Waals surface area contributed by atoms with Crippen LogP contribution in [0.25, 0.3) is 0 Å². The van der Waals surface area contributed by atoms with E-state index in [1.165, 1.54) is 6.92 Å². The zero-order valence-electron chi connectivity index (χ0n) is 16.5. The summed E-state index contributed by atoms with van der Waals surface area (Å²) in [6.45, 7) is 0.902. The molecular weight excluding hydrogens is 398 g/mol. The number of carbonyl (C=O) groups is 2. The van der Waals surface area contributed by atoms with Crippen molar-refractivity contribution in [2.24, 2.45) is 0 Å². The normalized spacial score (nSPS) is 22.9. The van der Waals surface area contributed by atoms with Crippen LogP contribution in [-0.4, -0.2) is 68.0 Å². The van der Waals surface area contributed by atoms with Crippen LogP contribution in [0.2, 0.25) is 0 Å². The van der Waals surface area contributed by atoms with Gasteiger partial charge in [-0.1, -0.05) is 11.8 Å². The highest BCUT2D eigenvalue weighted by atomic mass is 16.6. The number of ether oxygens (including phenoxy) is 1. The highest BCUT2D eigenvalue weighted by Gasteiger charge is 2.43. The van der Waals surface area contributed by atoms with E-state index in [-0.39, 0.29) is 30.2 Å². The maximum absolute atomic E-state index is 12.1. The van der Waals surface area contributed by atoms with Crippen LogP contribution in [0.15, 0.2) is 15.8 Å². The number of Topliss-reactive ketones (excluding diaryl/α,β-unsaturated/α-hetero) is 1. The second-order valence-corrected chi connectivity index (χ2v) is 6.93. The Morgan fingerprint density at radius 2 is 1.93 bits per heavy atom. The number of hydrogen-bond donors (Lipinski definition) is 5. The van der Waals surface area contributed by atoms with Gasteiger partial charge in [0.1, 0.15) is 29.7 Å². The van der Waals surface area contributed by atoms with Gasteiger partial charge in [0, 0.05) is 19.0 Å². The Morgan fingerprint density at radius 1 is 1.23 bits per heavy atom. The van der Waals surface area contributed by atoms with Crippen molar-refractivity contribution in [3.63, 3.8) is 0 Å². The Bertz CT molecular complexity index is 942. The van der Waals surface area contributed by atoms with Crippen molar-refractivity contribution in [1.82, 2.24) is 14.9 Å². The molecule has 0 saturated carbocycles. The summed E-state index contributed by atoms with van der Waals surface area (Å²) in [4.78, 5) is 48.6. The SMILES string of the molecule is CC(=O)CCCCC(=O)NCC#Cc1cn([C@@H]2O[C@H](CO)[C@@H](O)[C@H]2O)c(=O)[nH]c1=O. The third-order valence-electron chi connectivity index (χ3n) is 4.54. The predicted octanol–water partition coefficient (Wildman–Crippen LogP) is -2.23. The summed E-state index contributed by atoms with van der Waals surface area (Å²) in [7, 11) is 0. The van der Waals surface area contributed by atoms with Crippen molar-refractivity contribution in [3.05, 3.63) is 32.6 Å². The zero-order valence-corrected chi connectivity index (χ0v) is 16.5. The van der Waals surface area contributed by atoms with Crippen LogP contribution >= 0.6 is 0 Å². The molecule has 1 saturated heterocycles. The molecule has 0 radical (unpaired) electrons. The van der Waals surface area contributed by atoms with Crippen LogP contribution in [-0.2, 0) is 14.3 Å². The Hall–Kier alpha value is -2.78. The average Bonchev–Trinajstić information content (AvgIpc) is 2.98. The lowest BCUT2D eigenvalue weighted by Gasteiger charge is -2.17. The number of H-pyrrole nitrogens is 1. The number of rotatable bonds is 8. The van der Waals surface area contributed by atoms with Crippen molar-refractivity contribution in [2.75, 3.05) is 13.2 Å². The lowest BCUT2D eigenvalue weighted by atomic mass is 10.1. The molecule has 0 bridgehead atoms. The minimum Gasteiger partial charge on any atom is -0.394 e. The van der Waals surface area contributed by atoms with Gasteiger partial charge in [0.2, 0.25) is 5.91 Å². The van der Waals surface area contributed by atoms with Crippen molar-refractivity contribution in [1.29, 1.82) is 0 Å². The smallest absolute Gasteiger partial charge is 0.330 e. The largest absolute Gasteiger partial charge is 0.394 e. The number of aromatic nitrogens is 2. The number of hydrogen-bond acceptors (Lipinski definition) is 8. The highest BCUT2D eigenvalue weighted by Crippen LogP contribution is 2.27. The first-order valence-electron chi connectivity index (χ1n) is 9.47. The number of ketones is 1. The summed E-state index contributed by atoms with van der Waals surface area (Å²) in [5.74, 6) is 4.96. The molecule has 1 amide bonds. The Morgan fingerprint density at radius 3 is 2.57 bits per heavy atom. The minimum absolute atomic E-state index is 0.0298. The van der Waals surface area contributed by atoms with Crippen molar-refractivity contribution in [2.45, 2.75) is 57.1 Å². The quantitative estimate of drug-likeness (QED) is 0.231. The van der Waals surface area contributed by atoms with Gasteiger partial charge in [-0.05, 0) is 19.8 Å². The number of aliphatic hydroxyl groups is 3. The van der Waals surface area contributed by atoms with Gasteiger partial charge >= 0.3 is 5.69 Å². The first-order valence-corrected chi connectivity index (χ1v) is 9.47. The topological polar surface area (TPSA) is 171 Å². The number of nitrogens with zero attached hydrogens (tertiary/aromatic N) is 1. The van der Waals surface area contributed by atoms with Crippen LogP contribution < -0.4 is 16.6 Å². The van der Waals surface area contributed by atoms with Crippen molar-refractivity contribution in [3.8, 4) is 11.8 Å². The standard InChI is InChI=1S/C19H25N3O8/c1-11(24)5-2-3-7-14(25)20-8-4-6-12-9-22(19(29)21-17(12)28)18-16(27)15(26)13(10-23)30-18/h9,13,15-16,18,23,26-27H,2-3,5,7-8,10H2,1H3,(H,20,25)(H,21,28,29)/t13-,15-,16-,18-/m1/s1. The number of aromatic amines is 1. The van der Waals surface area contributed by atoms with Gasteiger partial charge in [0.05, 0.1) is 13.2 Å². The summed E-state index contributed by atoms with van der Waals surface area (Å²) in [6, 6.07) is 0. The number of amides is 1. The van der Waals surface area contributed by atoms with Crippen LogP contribution in [0.5, 0.6) is 0 Å². The van der Waals surface area contributed by atoms with Crippen LogP contribution in [0.1, 0.15) is 44.4 Å². The van der Waals surface area contributed by atoms with Gasteiger partial charge in [0.25, 0.3) is 5.56 Å². The van der Waals surface area contributed by atoms with Crippen molar-refractivity contribution >= 4 is 11.7 Å². The number of unbranched alkanes of at least 4 members (excludes halogenated alkanes) is 1. The molecule has 4 atom stereocenters. The maximum Gasteiger partial charge on any atom is 0.330 e. The van der Waals surface area contributed by atoms with Crippen LogP contribution in [0.4, 0.5) is 0 Å². The van der Waals surface area contributed by atoms with E-state index >= 15 is 0 Å². The monoisotopic (exact) mass is 423 g/mol. The molecule has 0 aliphatic carbocycles. The van der Waals surface area contributed by atoms with Gasteiger partial charge in [0.15, 0.2) is 6.23 Å². The van der Waals surface area contributed by atoms with Crippen LogP contribution in [0, 0.1) is 11.8 Å². The Kier molecular flexibility index (Phi) is 8.49. The molecule has 1 aromatic rings. The second-order valence-electron chi connectivity index (χ2n) is 6.93. The van der Waals surface area contributed by atoms with Crippen LogP contribution in [0.3, 0.4) is 0 Å². The molecular formula is C19H25N3O8. The van der Waals surface area contributed by atoms with E-state index in [0.717, 1.165) is 10.8 Å². The summed E-state index contributed by atoms with van der Waals surface area (Å²) >= 11 is 0. The highest BCUT2D eigenvalue weighted by molar-refractivity contribution is 5.77. The van der Waals surface area contributed by atoms with Crippen molar-refractivity contribution < 1.29 is 29.6 Å². The molecule has 1 aromatic heterocycles. The second kappa shape index (κ2) is 10.8. The maximum atomic E-state index is 12.1. The average molecular weight is 423 g/mol. The third kappa shape index (κ3) is 6.11. The Balaban J connectivity index is 2.00. The molecule has 11 nitrogen and oxygen atoms in total. The fraction of sp³-hybridized carbons (Fsp3) is 0.579. The fourth-order valence-electron chi connectivity index (χ4n) is 2.90. The molecule has 0 spiro atoms. The van der Waals surface area contributed by atoms with E-state index in [1.807, 2.05) is 4.98 Å². The molecule has 0 unspecified atom stereocenters. The third-order valence-corrected chi connectivity index (χ3v) is 4.54. The number of carbonyl (C=O) groups excluding carboxylic acids is 2. The van der Waals surface area contributed by atoms with E-state index in [4.69, 9.17) is 9.84 Å². The molecule has 1 aliphatic heterocycles. The van der Waals surface area contributed by atoms with E-state index in [9.17, 15) is 29.4 Å². The molecule has 30 heavy (non-hydrogen) atoms. The summed E-state index contributed by atoms with van der Waals surface area (Å²) in [5.41, 5.74) is -1.74. The molecule has 11 heteroatoms. The van der Waals surface area contributed by atoms with Gasteiger partial charge in [-0.15, -0.1) is 0 Å². The van der Waals surface area contributed by atoms with Gasteiger partial charge in [-0.25, -0.2) is 4.79 Å². The first kappa shape index (κ1) is 23.5. The van der Waals surface area contributed by atoms with Gasteiger partial charge in [-0.3, -0.25) is 19.1 Å². The molecule has 2 rings (SSSR count). The summed E-state index contributed by atoms with van der Waals surface area (Å²) in [6.07, 6.45) is -2.31. The van der Waals surface area contributed by atoms with Gasteiger partial charge < -0.3 is 30.2 Å². The molecule has 1 fully saturated rings. The Labute approximate surface area is 171 Å². The summed E-state index contributed by atoms with van der Waals surface area (Å²) < 4.78 is 6.16. The summed E-state index contributed by atoms with van der Waals surface area (Å²) in [5, 5.41) is 31.6. The molecule has 164 valence electrons. The number of nitrogens with one attached hydrogen (secondary N) is 2. The molecule has 5 N–H and O–H groups in total. The lowest BCUT2D eigenvalue weighted by Crippen LogP contribution is -2.38. The minimum atomic E-state index is -1.49. The molecule has 0 aromatic carbocycles. The molecule has 2 heterocycles. The fourth-order valence-corrected chi connectivity index (χ4v) is 2.90. The van der Waals surface area contributed by atoms with E-state index < -0.39 is 42.4 Å². The van der Waals surface area contributed by atoms with E-state index in [0.29, 0.717) is 19.3 Å². The van der Waals surface area contributed by atoms with E-state index in [1.54, 1.807) is 0 Å².